The molecule has 258 valence electrons. The molecule has 3 fully saturated rings. The van der Waals surface area contributed by atoms with E-state index < -0.39 is 46.2 Å². The first kappa shape index (κ1) is 33.2. The van der Waals surface area contributed by atoms with Gasteiger partial charge in [0.25, 0.3) is 0 Å². The first-order chi connectivity index (χ1) is 23.2. The first-order valence-electron chi connectivity index (χ1n) is 15.7. The molecule has 4 aromatic rings. The van der Waals surface area contributed by atoms with Crippen LogP contribution in [0.15, 0.2) is 18.2 Å². The minimum Gasteiger partial charge on any atom is -0.461 e. The fourth-order valence-electron chi connectivity index (χ4n) is 7.65. The molecule has 3 aliphatic rings. The molecular weight excluding hydrogens is 672 g/mol. The fourth-order valence-corrected chi connectivity index (χ4v) is 8.60. The summed E-state index contributed by atoms with van der Waals surface area (Å²) in [4.78, 5) is 26.1. The minimum atomic E-state index is -5.11. The number of carbonyl (C=O) groups excluding carboxylic acids is 1. The van der Waals surface area contributed by atoms with E-state index in [-0.39, 0.29) is 87.9 Å². The van der Waals surface area contributed by atoms with Crippen LogP contribution in [0.3, 0.4) is 0 Å². The highest BCUT2D eigenvalue weighted by Gasteiger charge is 2.49. The van der Waals surface area contributed by atoms with Gasteiger partial charge in [-0.2, -0.15) is 28.4 Å². The highest BCUT2D eigenvalue weighted by molar-refractivity contribution is 7.23. The number of amides is 1. The van der Waals surface area contributed by atoms with Crippen molar-refractivity contribution in [2.75, 3.05) is 51.0 Å². The van der Waals surface area contributed by atoms with Gasteiger partial charge in [0.1, 0.15) is 41.0 Å². The van der Waals surface area contributed by atoms with Crippen molar-refractivity contribution in [2.45, 2.75) is 56.0 Å². The Bertz CT molecular complexity index is 2050. The summed E-state index contributed by atoms with van der Waals surface area (Å²) in [5.41, 5.74) is 1.86. The molecule has 9 nitrogen and oxygen atoms in total. The Hall–Kier alpha value is -4.36. The molecule has 2 N–H and O–H groups in total. The predicted molar refractivity (Wildman–Crippen MR) is 172 cm³/mol. The second-order valence-electron chi connectivity index (χ2n) is 13.0. The quantitative estimate of drug-likeness (QED) is 0.234. The predicted octanol–water partition coefficient (Wildman–Crippen LogP) is 6.27. The van der Waals surface area contributed by atoms with Crippen molar-refractivity contribution in [2.24, 2.45) is 0 Å². The zero-order valence-corrected chi connectivity index (χ0v) is 27.3. The van der Waals surface area contributed by atoms with Gasteiger partial charge < -0.3 is 20.3 Å². The zero-order chi connectivity index (χ0) is 35.0. The van der Waals surface area contributed by atoms with Crippen molar-refractivity contribution in [1.82, 2.24) is 19.8 Å². The van der Waals surface area contributed by atoms with Crippen molar-refractivity contribution in [1.29, 1.82) is 5.26 Å². The van der Waals surface area contributed by atoms with Gasteiger partial charge in [-0.1, -0.05) is 6.07 Å². The van der Waals surface area contributed by atoms with Crippen molar-refractivity contribution < 1.29 is 35.9 Å². The molecule has 0 radical (unpaired) electrons. The van der Waals surface area contributed by atoms with Crippen LogP contribution >= 0.6 is 11.3 Å². The number of nitrogens with zero attached hydrogens (tertiary/aromatic N) is 6. The third-order valence-electron chi connectivity index (χ3n) is 10.1. The largest absolute Gasteiger partial charge is 0.461 e. The highest BCUT2D eigenvalue weighted by Crippen LogP contribution is 2.48. The van der Waals surface area contributed by atoms with E-state index in [1.165, 1.54) is 4.90 Å². The maximum Gasteiger partial charge on any atom is 0.417 e. The van der Waals surface area contributed by atoms with Crippen LogP contribution in [0.4, 0.5) is 37.2 Å². The number of thiophene rings is 1. The summed E-state index contributed by atoms with van der Waals surface area (Å²) >= 11 is 0.678. The van der Waals surface area contributed by atoms with Gasteiger partial charge in [0.05, 0.1) is 21.4 Å². The second-order valence-corrected chi connectivity index (χ2v) is 14.1. The summed E-state index contributed by atoms with van der Waals surface area (Å²) < 4.78 is 97.1. The average molecular weight is 704 g/mol. The summed E-state index contributed by atoms with van der Waals surface area (Å²) in [5, 5.41) is 9.17. The number of halogens is 6. The van der Waals surface area contributed by atoms with Gasteiger partial charge in [0.2, 0.25) is 5.91 Å². The van der Waals surface area contributed by atoms with E-state index in [4.69, 9.17) is 10.5 Å². The minimum absolute atomic E-state index is 0.0177. The summed E-state index contributed by atoms with van der Waals surface area (Å²) in [5.74, 6) is -2.35. The van der Waals surface area contributed by atoms with Crippen molar-refractivity contribution in [3.8, 4) is 23.2 Å². The van der Waals surface area contributed by atoms with Gasteiger partial charge in [-0.05, 0) is 43.5 Å². The number of hydrogen-bond donors (Lipinski definition) is 1. The standard InChI is InChI=1S/C33H31F6N7O2S/c1-44-14-17(4-7-23(44)47)45(2)30-19-10-21(33(37,38)39)25(18-5-6-22(35)28-24(18)20(12-40)29(41)49-28)26(36)27(19)42-31(43-30)48-15-32-8-3-9-46(32)13-16(34)11-32/h5-6,10,16-17H,3-4,7-9,11,13-15,41H2,1-2H3. The van der Waals surface area contributed by atoms with E-state index in [1.54, 1.807) is 19.0 Å². The molecule has 3 atom stereocenters. The molecule has 0 bridgehead atoms. The lowest BCUT2D eigenvalue weighted by Crippen LogP contribution is -2.47. The van der Waals surface area contributed by atoms with Gasteiger partial charge in [-0.25, -0.2) is 13.2 Å². The molecule has 49 heavy (non-hydrogen) atoms. The van der Waals surface area contributed by atoms with Crippen LogP contribution in [0.1, 0.15) is 43.2 Å². The third-order valence-corrected chi connectivity index (χ3v) is 11.1. The lowest BCUT2D eigenvalue weighted by molar-refractivity contribution is -0.137. The van der Waals surface area contributed by atoms with Crippen LogP contribution in [0.2, 0.25) is 0 Å². The number of aromatic nitrogens is 2. The van der Waals surface area contributed by atoms with Gasteiger partial charge in [-0.3, -0.25) is 9.69 Å². The highest BCUT2D eigenvalue weighted by atomic mass is 32.1. The number of carbonyl (C=O) groups is 1. The monoisotopic (exact) mass is 703 g/mol. The molecule has 3 aliphatic heterocycles. The number of hydrogen-bond acceptors (Lipinski definition) is 9. The van der Waals surface area contributed by atoms with E-state index in [0.717, 1.165) is 24.6 Å². The molecule has 3 saturated heterocycles. The molecule has 3 unspecified atom stereocenters. The van der Waals surface area contributed by atoms with E-state index in [1.807, 2.05) is 11.0 Å². The summed E-state index contributed by atoms with van der Waals surface area (Å²) in [7, 11) is 3.21. The number of likely N-dealkylation sites (N-methyl/N-ethyl adjacent to an activating group) is 2. The molecule has 0 saturated carbocycles. The molecule has 7 rings (SSSR count). The molecule has 16 heteroatoms. The first-order valence-corrected chi connectivity index (χ1v) is 16.5. The number of fused-ring (bicyclic) bond motifs is 3. The Kier molecular flexibility index (Phi) is 8.05. The number of nitriles is 1. The van der Waals surface area contributed by atoms with Crippen LogP contribution in [0, 0.1) is 23.0 Å². The Balaban J connectivity index is 1.45. The number of benzene rings is 2. The van der Waals surface area contributed by atoms with Crippen molar-refractivity contribution in [3.05, 3.63) is 41.0 Å². The van der Waals surface area contributed by atoms with Crippen LogP contribution in [0.5, 0.6) is 6.01 Å². The Morgan fingerprint density at radius 3 is 2.73 bits per heavy atom. The number of nitrogen functional groups attached to an aromatic ring is 1. The van der Waals surface area contributed by atoms with Crippen molar-refractivity contribution in [3.63, 3.8) is 0 Å². The molecule has 2 aromatic heterocycles. The molecule has 1 amide bonds. The number of likely N-dealkylation sites (tertiary alicyclic amines) is 1. The number of ether oxygens (including phenoxy) is 1. The summed E-state index contributed by atoms with van der Waals surface area (Å²) in [6.07, 6.45) is -3.87. The zero-order valence-electron chi connectivity index (χ0n) is 26.5. The number of rotatable bonds is 6. The average Bonchev–Trinajstić information content (AvgIpc) is 3.70. The normalized spacial score (nSPS) is 23.0. The van der Waals surface area contributed by atoms with E-state index in [9.17, 15) is 32.0 Å². The molecule has 5 heterocycles. The number of nitrogens with two attached hydrogens (primary N) is 1. The molecular formula is C33H31F6N7O2S. The van der Waals surface area contributed by atoms with Gasteiger partial charge in [0.15, 0.2) is 5.82 Å². The smallest absolute Gasteiger partial charge is 0.417 e. The van der Waals surface area contributed by atoms with Crippen LogP contribution < -0.4 is 15.4 Å². The number of piperidine rings is 1. The second kappa shape index (κ2) is 11.9. The SMILES string of the molecule is CN1CC(N(C)c2nc(OCC34CCCN3CC(F)C4)nc3c(F)c(-c4ccc(F)c5sc(N)c(C#N)c45)c(C(F)(F)F)cc23)CCC1=O. The molecule has 0 aliphatic carbocycles. The van der Waals surface area contributed by atoms with Crippen LogP contribution in [-0.2, 0) is 11.0 Å². The van der Waals surface area contributed by atoms with Gasteiger partial charge in [0, 0.05) is 62.4 Å². The van der Waals surface area contributed by atoms with Crippen LogP contribution in [-0.4, -0.2) is 83.8 Å². The fraction of sp³-hybridized carbons (Fsp3) is 0.455. The molecule has 2 aromatic carbocycles. The van der Waals surface area contributed by atoms with Crippen molar-refractivity contribution >= 4 is 49.1 Å². The van der Waals surface area contributed by atoms with E-state index in [2.05, 4.69) is 9.97 Å². The Morgan fingerprint density at radius 2 is 2.02 bits per heavy atom. The Morgan fingerprint density at radius 1 is 1.24 bits per heavy atom. The van der Waals surface area contributed by atoms with Gasteiger partial charge in [-0.15, -0.1) is 11.3 Å². The van der Waals surface area contributed by atoms with Gasteiger partial charge >= 0.3 is 12.2 Å². The maximum atomic E-state index is 17.0. The summed E-state index contributed by atoms with van der Waals surface area (Å²) in [6, 6.07) is 3.76. The third kappa shape index (κ3) is 5.47. The lowest BCUT2D eigenvalue weighted by atomic mass is 9.92. The lowest BCUT2D eigenvalue weighted by Gasteiger charge is -2.37. The summed E-state index contributed by atoms with van der Waals surface area (Å²) in [6.45, 7) is 1.16. The van der Waals surface area contributed by atoms with Crippen LogP contribution in [0.25, 0.3) is 32.1 Å². The number of alkyl halides is 4. The van der Waals surface area contributed by atoms with E-state index >= 15 is 4.39 Å². The van der Waals surface area contributed by atoms with E-state index in [0.29, 0.717) is 30.7 Å². The maximum absolute atomic E-state index is 17.0. The topological polar surface area (TPSA) is 112 Å². The molecule has 0 spiro atoms. The Labute approximate surface area is 280 Å². The number of anilines is 2.